The fourth-order valence-electron chi connectivity index (χ4n) is 2.97. The molecule has 0 amide bonds. The van der Waals surface area contributed by atoms with Crippen LogP contribution in [0.15, 0.2) is 18.2 Å². The molecule has 2 aliphatic heterocycles. The number of hydrogen-bond acceptors (Lipinski definition) is 5. The Morgan fingerprint density at radius 3 is 2.95 bits per heavy atom. The maximum atomic E-state index is 5.49. The van der Waals surface area contributed by atoms with Crippen LogP contribution in [0.5, 0.6) is 11.5 Å². The first-order valence-corrected chi connectivity index (χ1v) is 7.69. The van der Waals surface area contributed by atoms with Crippen LogP contribution in [-0.4, -0.2) is 51.1 Å². The van der Waals surface area contributed by atoms with Gasteiger partial charge in [0.25, 0.3) is 0 Å². The van der Waals surface area contributed by atoms with E-state index in [-0.39, 0.29) is 6.04 Å². The van der Waals surface area contributed by atoms with Crippen molar-refractivity contribution in [1.82, 2.24) is 10.2 Å². The van der Waals surface area contributed by atoms with Gasteiger partial charge in [-0.15, -0.1) is 0 Å². The second kappa shape index (κ2) is 6.64. The summed E-state index contributed by atoms with van der Waals surface area (Å²) in [5, 5.41) is 3.57. The molecule has 0 radical (unpaired) electrons. The summed E-state index contributed by atoms with van der Waals surface area (Å²) in [5.74, 6) is 1.69. The minimum Gasteiger partial charge on any atom is -0.454 e. The summed E-state index contributed by atoms with van der Waals surface area (Å²) in [5.41, 5.74) is 1.24. The molecule has 2 unspecified atom stereocenters. The third kappa shape index (κ3) is 3.31. The fraction of sp³-hybridized carbons (Fsp3) is 0.625. The van der Waals surface area contributed by atoms with Gasteiger partial charge in [0.2, 0.25) is 6.79 Å². The van der Waals surface area contributed by atoms with Crippen molar-refractivity contribution < 1.29 is 14.2 Å². The molecule has 2 aliphatic rings. The normalized spacial score (nSPS) is 22.0. The van der Waals surface area contributed by atoms with E-state index in [1.165, 1.54) is 5.56 Å². The summed E-state index contributed by atoms with van der Waals surface area (Å²) in [6, 6.07) is 7.03. The number of benzene rings is 1. The fourth-order valence-corrected chi connectivity index (χ4v) is 2.97. The molecule has 0 saturated carbocycles. The molecule has 0 aromatic heterocycles. The zero-order valence-corrected chi connectivity index (χ0v) is 12.8. The van der Waals surface area contributed by atoms with Crippen molar-refractivity contribution >= 4 is 0 Å². The Balaban J connectivity index is 1.71. The van der Waals surface area contributed by atoms with Gasteiger partial charge in [0, 0.05) is 25.2 Å². The highest BCUT2D eigenvalue weighted by atomic mass is 16.7. The Labute approximate surface area is 126 Å². The van der Waals surface area contributed by atoms with E-state index in [4.69, 9.17) is 14.2 Å². The molecule has 1 aromatic carbocycles. The SMILES string of the molecule is CCNC(CN(C)C1CCOC1)c1ccc2c(c1)OCO2. The lowest BCUT2D eigenvalue weighted by atomic mass is 10.0. The molecule has 0 bridgehead atoms. The van der Waals surface area contributed by atoms with Gasteiger partial charge < -0.3 is 19.5 Å². The lowest BCUT2D eigenvalue weighted by molar-refractivity contribution is 0.153. The Morgan fingerprint density at radius 2 is 2.19 bits per heavy atom. The largest absolute Gasteiger partial charge is 0.454 e. The maximum Gasteiger partial charge on any atom is 0.231 e. The topological polar surface area (TPSA) is 43.0 Å². The first kappa shape index (κ1) is 14.6. The van der Waals surface area contributed by atoms with Crippen LogP contribution >= 0.6 is 0 Å². The second-order valence-electron chi connectivity index (χ2n) is 5.68. The van der Waals surface area contributed by atoms with Crippen molar-refractivity contribution in [2.24, 2.45) is 0 Å². The molecule has 116 valence electrons. The Morgan fingerprint density at radius 1 is 1.33 bits per heavy atom. The monoisotopic (exact) mass is 292 g/mol. The predicted molar refractivity (Wildman–Crippen MR) is 80.8 cm³/mol. The smallest absolute Gasteiger partial charge is 0.231 e. The van der Waals surface area contributed by atoms with Crippen molar-refractivity contribution in [3.8, 4) is 11.5 Å². The van der Waals surface area contributed by atoms with E-state index in [0.717, 1.165) is 44.2 Å². The average molecular weight is 292 g/mol. The van der Waals surface area contributed by atoms with Gasteiger partial charge in [-0.05, 0) is 37.7 Å². The second-order valence-corrected chi connectivity index (χ2v) is 5.68. The maximum absolute atomic E-state index is 5.49. The molecule has 3 rings (SSSR count). The molecule has 1 aromatic rings. The summed E-state index contributed by atoms with van der Waals surface area (Å²) in [4.78, 5) is 2.39. The van der Waals surface area contributed by atoms with Crippen molar-refractivity contribution in [3.05, 3.63) is 23.8 Å². The van der Waals surface area contributed by atoms with Gasteiger partial charge in [-0.25, -0.2) is 0 Å². The number of nitrogens with one attached hydrogen (secondary N) is 1. The van der Waals surface area contributed by atoms with Crippen LogP contribution in [0.2, 0.25) is 0 Å². The van der Waals surface area contributed by atoms with E-state index in [1.54, 1.807) is 0 Å². The van der Waals surface area contributed by atoms with E-state index < -0.39 is 0 Å². The van der Waals surface area contributed by atoms with Crippen LogP contribution in [0, 0.1) is 0 Å². The molecule has 2 atom stereocenters. The van der Waals surface area contributed by atoms with Crippen molar-refractivity contribution in [2.75, 3.05) is 40.1 Å². The van der Waals surface area contributed by atoms with Gasteiger partial charge in [0.1, 0.15) is 0 Å². The third-order valence-corrected chi connectivity index (χ3v) is 4.25. The number of rotatable bonds is 6. The number of ether oxygens (including phenoxy) is 3. The first-order valence-electron chi connectivity index (χ1n) is 7.69. The van der Waals surface area contributed by atoms with Gasteiger partial charge >= 0.3 is 0 Å². The minimum absolute atomic E-state index is 0.287. The summed E-state index contributed by atoms with van der Waals surface area (Å²) in [6.07, 6.45) is 1.12. The highest BCUT2D eigenvalue weighted by Gasteiger charge is 2.24. The molecule has 0 aliphatic carbocycles. The molecule has 2 heterocycles. The summed E-state index contributed by atoms with van der Waals surface area (Å²) >= 11 is 0. The standard InChI is InChI=1S/C16H24N2O3/c1-3-17-14(9-18(2)13-6-7-19-10-13)12-4-5-15-16(8-12)21-11-20-15/h4-5,8,13-14,17H,3,6-7,9-11H2,1-2H3. The van der Waals surface area contributed by atoms with Crippen LogP contribution in [-0.2, 0) is 4.74 Å². The molecule has 1 saturated heterocycles. The van der Waals surface area contributed by atoms with Gasteiger partial charge in [-0.1, -0.05) is 13.0 Å². The van der Waals surface area contributed by atoms with Crippen LogP contribution < -0.4 is 14.8 Å². The van der Waals surface area contributed by atoms with Gasteiger partial charge in [-0.3, -0.25) is 4.90 Å². The van der Waals surface area contributed by atoms with E-state index >= 15 is 0 Å². The molecule has 1 N–H and O–H groups in total. The van der Waals surface area contributed by atoms with Gasteiger partial charge in [-0.2, -0.15) is 0 Å². The van der Waals surface area contributed by atoms with E-state index in [2.05, 4.69) is 36.3 Å². The summed E-state index contributed by atoms with van der Waals surface area (Å²) < 4.78 is 16.4. The van der Waals surface area contributed by atoms with Crippen LogP contribution in [0.3, 0.4) is 0 Å². The quantitative estimate of drug-likeness (QED) is 0.866. The van der Waals surface area contributed by atoms with Crippen LogP contribution in [0.1, 0.15) is 24.9 Å². The van der Waals surface area contributed by atoms with Crippen molar-refractivity contribution in [3.63, 3.8) is 0 Å². The number of likely N-dealkylation sites (N-methyl/N-ethyl adjacent to an activating group) is 2. The molecule has 1 fully saturated rings. The molecule has 5 heteroatoms. The first-order chi connectivity index (χ1) is 10.3. The lowest BCUT2D eigenvalue weighted by Gasteiger charge is -2.29. The van der Waals surface area contributed by atoms with Crippen molar-refractivity contribution in [1.29, 1.82) is 0 Å². The molecular formula is C16H24N2O3. The number of hydrogen-bond donors (Lipinski definition) is 1. The van der Waals surface area contributed by atoms with Gasteiger partial charge in [0.05, 0.1) is 6.61 Å². The molecule has 21 heavy (non-hydrogen) atoms. The third-order valence-electron chi connectivity index (χ3n) is 4.25. The highest BCUT2D eigenvalue weighted by Crippen LogP contribution is 2.34. The predicted octanol–water partition coefficient (Wildman–Crippen LogP) is 1.79. The minimum atomic E-state index is 0.287. The number of nitrogens with zero attached hydrogens (tertiary/aromatic N) is 1. The summed E-state index contributed by atoms with van der Waals surface area (Å²) in [6.45, 7) is 6.08. The van der Waals surface area contributed by atoms with E-state index in [1.807, 2.05) is 6.07 Å². The Bertz CT molecular complexity index is 475. The Hall–Kier alpha value is -1.30. The van der Waals surface area contributed by atoms with Gasteiger partial charge in [0.15, 0.2) is 11.5 Å². The van der Waals surface area contributed by atoms with E-state index in [0.29, 0.717) is 12.8 Å². The summed E-state index contributed by atoms with van der Waals surface area (Å²) in [7, 11) is 2.18. The Kier molecular flexibility index (Phi) is 4.63. The lowest BCUT2D eigenvalue weighted by Crippen LogP contribution is -2.39. The van der Waals surface area contributed by atoms with Crippen LogP contribution in [0.4, 0.5) is 0 Å². The van der Waals surface area contributed by atoms with Crippen LogP contribution in [0.25, 0.3) is 0 Å². The molecule has 0 spiro atoms. The molecule has 5 nitrogen and oxygen atoms in total. The molecular weight excluding hydrogens is 268 g/mol. The zero-order valence-electron chi connectivity index (χ0n) is 12.8. The number of fused-ring (bicyclic) bond motifs is 1. The van der Waals surface area contributed by atoms with E-state index in [9.17, 15) is 0 Å². The highest BCUT2D eigenvalue weighted by molar-refractivity contribution is 5.45. The van der Waals surface area contributed by atoms with Crippen molar-refractivity contribution in [2.45, 2.75) is 25.4 Å². The average Bonchev–Trinajstić information content (AvgIpc) is 3.17. The zero-order chi connectivity index (χ0) is 14.7.